The minimum atomic E-state index is -0.630. The predicted molar refractivity (Wildman–Crippen MR) is 72.5 cm³/mol. The molecule has 0 aromatic heterocycles. The van der Waals surface area contributed by atoms with Gasteiger partial charge in [-0.25, -0.2) is 0 Å². The Bertz CT molecular complexity index is 563. The van der Waals surface area contributed by atoms with Crippen LogP contribution in [-0.2, 0) is 11.2 Å². The van der Waals surface area contributed by atoms with E-state index in [0.717, 1.165) is 18.4 Å². The quantitative estimate of drug-likeness (QED) is 0.849. The topological polar surface area (TPSA) is 90.4 Å². The van der Waals surface area contributed by atoms with Crippen LogP contribution < -0.4 is 5.73 Å². The van der Waals surface area contributed by atoms with Crippen molar-refractivity contribution in [1.29, 1.82) is 5.26 Å². The molecule has 2 aliphatic rings. The number of hydrogen-bond donors (Lipinski definition) is 2. The van der Waals surface area contributed by atoms with Gasteiger partial charge in [-0.1, -0.05) is 12.1 Å². The minimum absolute atomic E-state index is 0.130. The minimum Gasteiger partial charge on any atom is -0.508 e. The molecule has 3 rings (SSSR count). The van der Waals surface area contributed by atoms with Crippen LogP contribution in [0.2, 0.25) is 0 Å². The second-order valence-electron chi connectivity index (χ2n) is 5.67. The largest absolute Gasteiger partial charge is 0.508 e. The monoisotopic (exact) mass is 271 g/mol. The number of rotatable bonds is 3. The first-order valence-corrected chi connectivity index (χ1v) is 6.85. The molecule has 2 fully saturated rings. The van der Waals surface area contributed by atoms with Gasteiger partial charge in [0.25, 0.3) is 0 Å². The molecule has 0 spiro atoms. The summed E-state index contributed by atoms with van der Waals surface area (Å²) < 4.78 is 0. The van der Waals surface area contributed by atoms with Crippen molar-refractivity contribution in [3.05, 3.63) is 29.8 Å². The van der Waals surface area contributed by atoms with E-state index in [1.807, 2.05) is 0 Å². The van der Waals surface area contributed by atoms with Crippen molar-refractivity contribution in [1.82, 2.24) is 4.90 Å². The molecule has 20 heavy (non-hydrogen) atoms. The molecule has 1 aliphatic carbocycles. The molecule has 3 N–H and O–H groups in total. The molecule has 2 unspecified atom stereocenters. The van der Waals surface area contributed by atoms with Gasteiger partial charge in [0.05, 0.1) is 12.1 Å². The van der Waals surface area contributed by atoms with Crippen LogP contribution in [0.4, 0.5) is 0 Å². The van der Waals surface area contributed by atoms with Gasteiger partial charge in [0, 0.05) is 6.04 Å². The zero-order valence-electron chi connectivity index (χ0n) is 11.1. The molecular weight excluding hydrogens is 254 g/mol. The zero-order valence-corrected chi connectivity index (χ0v) is 11.1. The smallest absolute Gasteiger partial charge is 0.241 e. The predicted octanol–water partition coefficient (Wildman–Crippen LogP) is 0.775. The molecule has 1 aliphatic heterocycles. The van der Waals surface area contributed by atoms with Crippen molar-refractivity contribution in [2.24, 2.45) is 11.7 Å². The number of carbonyl (C=O) groups excluding carboxylic acids is 1. The third kappa shape index (κ3) is 2.23. The number of nitrogens with two attached hydrogens (primary N) is 1. The highest BCUT2D eigenvalue weighted by Crippen LogP contribution is 2.47. The summed E-state index contributed by atoms with van der Waals surface area (Å²) in [6.07, 6.45) is 2.22. The third-order valence-corrected chi connectivity index (χ3v) is 4.22. The van der Waals surface area contributed by atoms with E-state index in [9.17, 15) is 9.90 Å². The van der Waals surface area contributed by atoms with E-state index in [-0.39, 0.29) is 23.7 Å². The number of benzene rings is 1. The van der Waals surface area contributed by atoms with E-state index in [4.69, 9.17) is 11.0 Å². The maximum atomic E-state index is 12.4. The van der Waals surface area contributed by atoms with Crippen molar-refractivity contribution < 1.29 is 9.90 Å². The lowest BCUT2D eigenvalue weighted by Crippen LogP contribution is -2.48. The van der Waals surface area contributed by atoms with Crippen LogP contribution in [-0.4, -0.2) is 34.0 Å². The molecule has 4 atom stereocenters. The highest BCUT2D eigenvalue weighted by Gasteiger charge is 2.54. The number of nitriles is 1. The Labute approximate surface area is 117 Å². The van der Waals surface area contributed by atoms with Gasteiger partial charge >= 0.3 is 0 Å². The number of hydrogen-bond acceptors (Lipinski definition) is 4. The number of aromatic hydroxyl groups is 1. The first-order valence-electron chi connectivity index (χ1n) is 6.85. The van der Waals surface area contributed by atoms with E-state index in [1.54, 1.807) is 29.2 Å². The zero-order chi connectivity index (χ0) is 14.3. The van der Waals surface area contributed by atoms with Crippen LogP contribution >= 0.6 is 0 Å². The third-order valence-electron chi connectivity index (χ3n) is 4.22. The van der Waals surface area contributed by atoms with Crippen LogP contribution in [0.15, 0.2) is 24.3 Å². The van der Waals surface area contributed by atoms with Gasteiger partial charge in [-0.05, 0) is 42.9 Å². The molecule has 1 saturated heterocycles. The lowest BCUT2D eigenvalue weighted by molar-refractivity contribution is -0.133. The van der Waals surface area contributed by atoms with Crippen LogP contribution in [0, 0.1) is 17.2 Å². The Morgan fingerprint density at radius 1 is 1.45 bits per heavy atom. The van der Waals surface area contributed by atoms with Gasteiger partial charge in [-0.15, -0.1) is 0 Å². The number of phenolic OH excluding ortho intramolecular Hbond substituents is 1. The first-order chi connectivity index (χ1) is 9.60. The summed E-state index contributed by atoms with van der Waals surface area (Å²) in [5.74, 6) is 0.567. The number of nitrogens with zero attached hydrogens (tertiary/aromatic N) is 2. The first kappa shape index (κ1) is 12.9. The van der Waals surface area contributed by atoms with E-state index in [1.165, 1.54) is 0 Å². The molecule has 5 heteroatoms. The van der Waals surface area contributed by atoms with Crippen LogP contribution in [0.1, 0.15) is 18.4 Å². The summed E-state index contributed by atoms with van der Waals surface area (Å²) in [5, 5.41) is 18.4. The summed E-state index contributed by atoms with van der Waals surface area (Å²) in [7, 11) is 0. The molecular formula is C15H17N3O2. The molecule has 1 saturated carbocycles. The Hall–Kier alpha value is -2.06. The molecule has 5 nitrogen and oxygen atoms in total. The number of amides is 1. The summed E-state index contributed by atoms with van der Waals surface area (Å²) in [6, 6.07) is 8.17. The molecule has 1 heterocycles. The molecule has 1 aromatic carbocycles. The summed E-state index contributed by atoms with van der Waals surface area (Å²) >= 11 is 0. The molecule has 0 bridgehead atoms. The SMILES string of the molecule is N#C[C@@H]1CC2C[C@@H]2N1C(=O)C(N)Cc1ccc(O)cc1. The normalized spacial score (nSPS) is 28.6. The fourth-order valence-electron chi connectivity index (χ4n) is 3.05. The number of likely N-dealkylation sites (tertiary alicyclic amines) is 1. The maximum Gasteiger partial charge on any atom is 0.241 e. The summed E-state index contributed by atoms with van der Waals surface area (Å²) in [5.41, 5.74) is 6.91. The highest BCUT2D eigenvalue weighted by atomic mass is 16.3. The van der Waals surface area contributed by atoms with Crippen molar-refractivity contribution in [2.75, 3.05) is 0 Å². The number of piperidine rings is 1. The molecule has 1 amide bonds. The maximum absolute atomic E-state index is 12.4. The van der Waals surface area contributed by atoms with Gasteiger partial charge in [0.15, 0.2) is 0 Å². The number of carbonyl (C=O) groups is 1. The average Bonchev–Trinajstić information content (AvgIpc) is 3.11. The van der Waals surface area contributed by atoms with Crippen molar-refractivity contribution >= 4 is 5.91 Å². The number of fused-ring (bicyclic) bond motifs is 1. The van der Waals surface area contributed by atoms with Crippen LogP contribution in [0.25, 0.3) is 0 Å². The summed E-state index contributed by atoms with van der Waals surface area (Å²) in [6.45, 7) is 0. The second-order valence-corrected chi connectivity index (χ2v) is 5.67. The van der Waals surface area contributed by atoms with Gasteiger partial charge in [-0.3, -0.25) is 4.79 Å². The van der Waals surface area contributed by atoms with Crippen molar-refractivity contribution in [3.8, 4) is 11.8 Å². The van der Waals surface area contributed by atoms with E-state index < -0.39 is 6.04 Å². The van der Waals surface area contributed by atoms with Gasteiger partial charge < -0.3 is 15.7 Å². The Kier molecular flexibility index (Phi) is 3.11. The number of phenols is 1. The molecule has 0 radical (unpaired) electrons. The Morgan fingerprint density at radius 2 is 2.15 bits per heavy atom. The van der Waals surface area contributed by atoms with E-state index in [2.05, 4.69) is 6.07 Å². The molecule has 104 valence electrons. The summed E-state index contributed by atoms with van der Waals surface area (Å²) in [4.78, 5) is 14.1. The Balaban J connectivity index is 1.67. The highest BCUT2D eigenvalue weighted by molar-refractivity contribution is 5.83. The Morgan fingerprint density at radius 3 is 2.80 bits per heavy atom. The van der Waals surface area contributed by atoms with Crippen molar-refractivity contribution in [3.63, 3.8) is 0 Å². The van der Waals surface area contributed by atoms with E-state index >= 15 is 0 Å². The standard InChI is InChI=1S/C15H17N3O2/c16-8-11-6-10-7-14(10)18(11)15(20)13(17)5-9-1-3-12(19)4-2-9/h1-4,10-11,13-14,19H,5-7,17H2/t10?,11-,13?,14-/m0/s1. The second kappa shape index (κ2) is 4.80. The van der Waals surface area contributed by atoms with Crippen LogP contribution in [0.3, 0.4) is 0 Å². The van der Waals surface area contributed by atoms with Crippen LogP contribution in [0.5, 0.6) is 5.75 Å². The van der Waals surface area contributed by atoms with Gasteiger partial charge in [-0.2, -0.15) is 5.26 Å². The lowest BCUT2D eigenvalue weighted by Gasteiger charge is -2.26. The lowest BCUT2D eigenvalue weighted by atomic mass is 10.0. The fourth-order valence-corrected chi connectivity index (χ4v) is 3.05. The van der Waals surface area contributed by atoms with E-state index in [0.29, 0.717) is 12.3 Å². The van der Waals surface area contributed by atoms with Crippen molar-refractivity contribution in [2.45, 2.75) is 37.4 Å². The average molecular weight is 271 g/mol. The van der Waals surface area contributed by atoms with Gasteiger partial charge in [0.2, 0.25) is 5.91 Å². The fraction of sp³-hybridized carbons (Fsp3) is 0.467. The van der Waals surface area contributed by atoms with Gasteiger partial charge in [0.1, 0.15) is 11.8 Å². The molecule has 1 aromatic rings.